The minimum absolute atomic E-state index is 0.0468. The lowest BCUT2D eigenvalue weighted by Crippen LogP contribution is -2.25. The van der Waals surface area contributed by atoms with Crippen LogP contribution in [0.5, 0.6) is 11.6 Å². The summed E-state index contributed by atoms with van der Waals surface area (Å²) in [6, 6.07) is 21.4. The minimum Gasteiger partial charge on any atom is -0.437 e. The second-order valence-corrected chi connectivity index (χ2v) is 7.80. The van der Waals surface area contributed by atoms with Gasteiger partial charge >= 0.3 is 0 Å². The van der Waals surface area contributed by atoms with Gasteiger partial charge in [-0.15, -0.1) is 0 Å². The summed E-state index contributed by atoms with van der Waals surface area (Å²) in [5.74, 6) is -0.393. The quantitative estimate of drug-likeness (QED) is 0.326. The highest BCUT2D eigenvalue weighted by Crippen LogP contribution is 2.30. The first-order chi connectivity index (χ1) is 16.5. The number of halogens is 1. The normalized spacial score (nSPS) is 11.1. The number of nitrogens with one attached hydrogen (secondary N) is 1. The monoisotopic (exact) mass is 470 g/mol. The van der Waals surface area contributed by atoms with Crippen LogP contribution in [-0.2, 0) is 11.3 Å². The Morgan fingerprint density at radius 1 is 1.15 bits per heavy atom. The average Bonchev–Trinajstić information content (AvgIpc) is 2.85. The maximum absolute atomic E-state index is 13.4. The van der Waals surface area contributed by atoms with Crippen molar-refractivity contribution >= 4 is 29.2 Å². The third kappa shape index (κ3) is 4.82. The number of carbonyl (C=O) groups is 1. The fraction of sp³-hybridized carbons (Fsp3) is 0.0769. The Kier molecular flexibility index (Phi) is 6.72. The van der Waals surface area contributed by atoms with Crippen LogP contribution < -0.4 is 15.6 Å². The van der Waals surface area contributed by atoms with Crippen molar-refractivity contribution in [1.29, 1.82) is 5.26 Å². The molecular weight excluding hydrogens is 452 g/mol. The van der Waals surface area contributed by atoms with E-state index in [0.717, 1.165) is 11.1 Å². The van der Waals surface area contributed by atoms with Crippen LogP contribution in [0.4, 0.5) is 0 Å². The highest BCUT2D eigenvalue weighted by Gasteiger charge is 2.18. The Labute approximate surface area is 200 Å². The van der Waals surface area contributed by atoms with E-state index in [-0.39, 0.29) is 29.3 Å². The lowest BCUT2D eigenvalue weighted by molar-refractivity contribution is -0.117. The molecule has 1 amide bonds. The van der Waals surface area contributed by atoms with Crippen LogP contribution in [-0.4, -0.2) is 15.3 Å². The lowest BCUT2D eigenvalue weighted by Gasteiger charge is -2.12. The van der Waals surface area contributed by atoms with E-state index in [1.54, 1.807) is 36.5 Å². The van der Waals surface area contributed by atoms with Crippen LogP contribution in [0.25, 0.3) is 11.7 Å². The SMILES string of the molecule is Cc1cccn2c(=O)c(C=C(C#N)C(=O)NCc3ccccc3)c(Oc3ccccc3Cl)nc12. The van der Waals surface area contributed by atoms with Gasteiger partial charge in [0.25, 0.3) is 11.5 Å². The Balaban J connectivity index is 1.79. The van der Waals surface area contributed by atoms with Crippen molar-refractivity contribution in [3.8, 4) is 17.7 Å². The fourth-order valence-electron chi connectivity index (χ4n) is 3.29. The predicted octanol–water partition coefficient (Wildman–Crippen LogP) is 4.67. The molecule has 1 N–H and O–H groups in total. The van der Waals surface area contributed by atoms with Gasteiger partial charge in [-0.05, 0) is 42.3 Å². The van der Waals surface area contributed by atoms with Crippen molar-refractivity contribution in [2.75, 3.05) is 0 Å². The van der Waals surface area contributed by atoms with Crippen molar-refractivity contribution in [2.45, 2.75) is 13.5 Å². The van der Waals surface area contributed by atoms with Gasteiger partial charge in [-0.1, -0.05) is 60.1 Å². The van der Waals surface area contributed by atoms with E-state index in [1.807, 2.05) is 49.4 Å². The number of para-hydroxylation sites is 1. The van der Waals surface area contributed by atoms with E-state index >= 15 is 0 Å². The third-order valence-electron chi connectivity index (χ3n) is 5.04. The van der Waals surface area contributed by atoms with Crippen LogP contribution in [0.3, 0.4) is 0 Å². The molecular formula is C26H19ClN4O3. The number of hydrogen-bond donors (Lipinski definition) is 1. The molecule has 7 nitrogen and oxygen atoms in total. The molecule has 8 heteroatoms. The van der Waals surface area contributed by atoms with Crippen molar-refractivity contribution < 1.29 is 9.53 Å². The number of rotatable bonds is 6. The van der Waals surface area contributed by atoms with Crippen LogP contribution in [0.1, 0.15) is 16.7 Å². The summed E-state index contributed by atoms with van der Waals surface area (Å²) >= 11 is 6.23. The van der Waals surface area contributed by atoms with Crippen molar-refractivity contribution in [2.24, 2.45) is 0 Å². The van der Waals surface area contributed by atoms with Gasteiger partial charge in [-0.3, -0.25) is 14.0 Å². The Hall–Kier alpha value is -4.41. The zero-order chi connectivity index (χ0) is 24.1. The smallest absolute Gasteiger partial charge is 0.269 e. The van der Waals surface area contributed by atoms with E-state index in [1.165, 1.54) is 10.5 Å². The van der Waals surface area contributed by atoms with Gasteiger partial charge in [0.15, 0.2) is 0 Å². The second-order valence-electron chi connectivity index (χ2n) is 7.39. The summed E-state index contributed by atoms with van der Waals surface area (Å²) in [6.45, 7) is 2.05. The van der Waals surface area contributed by atoms with Crippen molar-refractivity contribution in [1.82, 2.24) is 14.7 Å². The van der Waals surface area contributed by atoms with Gasteiger partial charge in [-0.25, -0.2) is 0 Å². The summed E-state index contributed by atoms with van der Waals surface area (Å²) in [7, 11) is 0. The molecule has 34 heavy (non-hydrogen) atoms. The Morgan fingerprint density at radius 2 is 1.88 bits per heavy atom. The molecule has 0 spiro atoms. The molecule has 0 saturated heterocycles. The molecule has 4 rings (SSSR count). The molecule has 0 atom stereocenters. The molecule has 2 heterocycles. The van der Waals surface area contributed by atoms with Crippen LogP contribution >= 0.6 is 11.6 Å². The highest BCUT2D eigenvalue weighted by molar-refractivity contribution is 6.32. The van der Waals surface area contributed by atoms with Gasteiger partial charge in [0.1, 0.15) is 28.6 Å². The number of nitriles is 1. The van der Waals surface area contributed by atoms with Gasteiger partial charge in [0.05, 0.1) is 5.02 Å². The summed E-state index contributed by atoms with van der Waals surface area (Å²) in [6.07, 6.45) is 2.76. The molecule has 2 aromatic heterocycles. The zero-order valence-electron chi connectivity index (χ0n) is 18.2. The summed E-state index contributed by atoms with van der Waals surface area (Å²) in [5, 5.41) is 12.7. The van der Waals surface area contributed by atoms with Gasteiger partial charge < -0.3 is 10.1 Å². The number of carbonyl (C=O) groups excluding carboxylic acids is 1. The molecule has 0 bridgehead atoms. The number of pyridine rings is 1. The van der Waals surface area contributed by atoms with Gasteiger partial charge in [-0.2, -0.15) is 10.2 Å². The maximum Gasteiger partial charge on any atom is 0.269 e. The van der Waals surface area contributed by atoms with Crippen molar-refractivity contribution in [3.05, 3.63) is 111 Å². The van der Waals surface area contributed by atoms with E-state index in [0.29, 0.717) is 10.7 Å². The summed E-state index contributed by atoms with van der Waals surface area (Å²) in [5.41, 5.74) is 1.22. The van der Waals surface area contributed by atoms with E-state index in [4.69, 9.17) is 16.3 Å². The van der Waals surface area contributed by atoms with Crippen LogP contribution in [0.15, 0.2) is 83.3 Å². The minimum atomic E-state index is -0.621. The molecule has 0 unspecified atom stereocenters. The molecule has 0 saturated carbocycles. The molecule has 0 aliphatic carbocycles. The second kappa shape index (κ2) is 10.0. The number of fused-ring (bicyclic) bond motifs is 1. The van der Waals surface area contributed by atoms with E-state index < -0.39 is 11.5 Å². The predicted molar refractivity (Wildman–Crippen MR) is 130 cm³/mol. The Morgan fingerprint density at radius 3 is 2.62 bits per heavy atom. The number of amides is 1. The summed E-state index contributed by atoms with van der Waals surface area (Å²) in [4.78, 5) is 30.6. The summed E-state index contributed by atoms with van der Waals surface area (Å²) < 4.78 is 7.24. The average molecular weight is 471 g/mol. The molecule has 168 valence electrons. The number of nitrogens with zero attached hydrogens (tertiary/aromatic N) is 3. The lowest BCUT2D eigenvalue weighted by atomic mass is 10.1. The van der Waals surface area contributed by atoms with Crippen molar-refractivity contribution in [3.63, 3.8) is 0 Å². The fourth-order valence-corrected chi connectivity index (χ4v) is 3.47. The Bertz CT molecular complexity index is 1500. The molecule has 0 radical (unpaired) electrons. The molecule has 0 fully saturated rings. The first-order valence-electron chi connectivity index (χ1n) is 10.4. The van der Waals surface area contributed by atoms with Crippen LogP contribution in [0.2, 0.25) is 5.02 Å². The number of ether oxygens (including phenoxy) is 1. The number of hydrogen-bond acceptors (Lipinski definition) is 5. The first kappa shape index (κ1) is 22.8. The topological polar surface area (TPSA) is 96.5 Å². The number of aryl methyl sites for hydroxylation is 1. The van der Waals surface area contributed by atoms with Gasteiger partial charge in [0.2, 0.25) is 5.88 Å². The standard InChI is InChI=1S/C26H19ClN4O3/c1-17-8-7-13-31-23(17)30-25(34-22-12-6-5-11-21(22)27)20(26(31)33)14-19(15-28)24(32)29-16-18-9-3-2-4-10-18/h2-14H,16H2,1H3,(H,29,32). The highest BCUT2D eigenvalue weighted by atomic mass is 35.5. The molecule has 4 aromatic rings. The first-order valence-corrected chi connectivity index (χ1v) is 10.7. The van der Waals surface area contributed by atoms with E-state index in [2.05, 4.69) is 10.3 Å². The number of benzene rings is 2. The third-order valence-corrected chi connectivity index (χ3v) is 5.35. The molecule has 0 aliphatic rings. The molecule has 0 aliphatic heterocycles. The van der Waals surface area contributed by atoms with Gasteiger partial charge in [0, 0.05) is 12.7 Å². The molecule has 2 aromatic carbocycles. The van der Waals surface area contributed by atoms with Crippen LogP contribution in [0, 0.1) is 18.3 Å². The zero-order valence-corrected chi connectivity index (χ0v) is 18.9. The van der Waals surface area contributed by atoms with E-state index in [9.17, 15) is 14.9 Å². The largest absolute Gasteiger partial charge is 0.437 e. The number of aromatic nitrogens is 2. The maximum atomic E-state index is 13.4.